The van der Waals surface area contributed by atoms with Crippen molar-refractivity contribution >= 4 is 35.0 Å². The maximum atomic E-state index is 14.2. The van der Waals surface area contributed by atoms with Crippen LogP contribution < -0.4 is 33.8 Å². The molecule has 0 spiro atoms. The Labute approximate surface area is 280 Å². The van der Waals surface area contributed by atoms with Crippen molar-refractivity contribution in [2.75, 3.05) is 20.8 Å². The highest BCUT2D eigenvalue weighted by atomic mass is 35.5. The number of methoxy groups -OCH3 is 2. The molecule has 9 nitrogen and oxygen atoms in total. The zero-order valence-corrected chi connectivity index (χ0v) is 28.3. The largest absolute Gasteiger partial charge is 0.493 e. The van der Waals surface area contributed by atoms with E-state index in [2.05, 4.69) is 4.99 Å². The van der Waals surface area contributed by atoms with Gasteiger partial charge in [0.25, 0.3) is 5.56 Å². The molecular weight excluding hydrogens is 647 g/mol. The molecule has 0 bridgehead atoms. The predicted molar refractivity (Wildman–Crippen MR) is 178 cm³/mol. The van der Waals surface area contributed by atoms with Gasteiger partial charge in [0, 0.05) is 5.56 Å². The van der Waals surface area contributed by atoms with E-state index in [0.29, 0.717) is 49.0 Å². The van der Waals surface area contributed by atoms with E-state index in [-0.39, 0.29) is 41.2 Å². The first-order valence-corrected chi connectivity index (χ1v) is 16.0. The van der Waals surface area contributed by atoms with Gasteiger partial charge in [-0.3, -0.25) is 9.36 Å². The highest BCUT2D eigenvalue weighted by molar-refractivity contribution is 7.07. The van der Waals surface area contributed by atoms with Crippen molar-refractivity contribution in [1.29, 1.82) is 0 Å². The number of carbonyl (C=O) groups is 1. The third-order valence-corrected chi connectivity index (χ3v) is 8.53. The van der Waals surface area contributed by atoms with Gasteiger partial charge >= 0.3 is 5.97 Å². The molecule has 246 valence electrons. The van der Waals surface area contributed by atoms with Crippen molar-refractivity contribution < 1.29 is 32.9 Å². The van der Waals surface area contributed by atoms with Crippen molar-refractivity contribution in [3.8, 4) is 23.0 Å². The maximum Gasteiger partial charge on any atom is 0.338 e. The van der Waals surface area contributed by atoms with Crippen molar-refractivity contribution in [1.82, 2.24) is 4.57 Å². The summed E-state index contributed by atoms with van der Waals surface area (Å²) in [6.07, 6.45) is 1.57. The molecule has 0 unspecified atom stereocenters. The first-order chi connectivity index (χ1) is 22.6. The van der Waals surface area contributed by atoms with Crippen molar-refractivity contribution in [3.05, 3.63) is 113 Å². The Bertz CT molecular complexity index is 2040. The van der Waals surface area contributed by atoms with Crippen LogP contribution in [0.4, 0.5) is 4.39 Å². The molecule has 1 aliphatic rings. The normalized spacial score (nSPS) is 14.5. The van der Waals surface area contributed by atoms with Gasteiger partial charge in [0.2, 0.25) is 0 Å². The average Bonchev–Trinajstić information content (AvgIpc) is 3.33. The number of fused-ring (bicyclic) bond motifs is 1. The summed E-state index contributed by atoms with van der Waals surface area (Å²) in [5.41, 5.74) is 1.84. The van der Waals surface area contributed by atoms with E-state index in [9.17, 15) is 14.0 Å². The number of aromatic nitrogens is 1. The average molecular weight is 681 g/mol. The second-order valence-corrected chi connectivity index (χ2v) is 12.2. The molecule has 1 aliphatic heterocycles. The van der Waals surface area contributed by atoms with Crippen LogP contribution in [0.5, 0.6) is 23.0 Å². The van der Waals surface area contributed by atoms with Gasteiger partial charge in [-0.25, -0.2) is 14.2 Å². The third kappa shape index (κ3) is 7.06. The Kier molecular flexibility index (Phi) is 10.4. The Morgan fingerprint density at radius 3 is 2.51 bits per heavy atom. The molecule has 0 N–H and O–H groups in total. The van der Waals surface area contributed by atoms with Crippen LogP contribution in [0.3, 0.4) is 0 Å². The highest BCUT2D eigenvalue weighted by Crippen LogP contribution is 2.38. The zero-order chi connectivity index (χ0) is 33.8. The van der Waals surface area contributed by atoms with Crippen molar-refractivity contribution in [3.63, 3.8) is 0 Å². The number of hydrogen-bond acceptors (Lipinski definition) is 9. The lowest BCUT2D eigenvalue weighted by Crippen LogP contribution is -2.40. The molecule has 0 saturated heterocycles. The Morgan fingerprint density at radius 1 is 1.09 bits per heavy atom. The van der Waals surface area contributed by atoms with Crippen LogP contribution >= 0.6 is 22.9 Å². The maximum absolute atomic E-state index is 14.2. The van der Waals surface area contributed by atoms with E-state index < -0.39 is 17.8 Å². The second kappa shape index (κ2) is 14.4. The monoisotopic (exact) mass is 680 g/mol. The summed E-state index contributed by atoms with van der Waals surface area (Å²) in [6.45, 7) is 7.35. The summed E-state index contributed by atoms with van der Waals surface area (Å²) in [6, 6.07) is 14.0. The van der Waals surface area contributed by atoms with Crippen molar-refractivity contribution in [2.24, 2.45) is 4.99 Å². The number of rotatable bonds is 11. The molecule has 0 amide bonds. The van der Waals surface area contributed by atoms with Crippen LogP contribution in [0.25, 0.3) is 6.08 Å². The van der Waals surface area contributed by atoms with Gasteiger partial charge < -0.3 is 23.7 Å². The molecule has 2 heterocycles. The SMILES string of the molecule is CCOC(=O)C1=C(C)N=c2s/c(=C\c3cc(Cl)c(OCc4ccccc4F)c(OC)c3)c(=O)n2[C@@H]1c1ccc(OC(C)C)c(OC)c1. The predicted octanol–water partition coefficient (Wildman–Crippen LogP) is 5.97. The summed E-state index contributed by atoms with van der Waals surface area (Å²) >= 11 is 7.78. The minimum Gasteiger partial charge on any atom is -0.493 e. The van der Waals surface area contributed by atoms with Gasteiger partial charge in [-0.15, -0.1) is 0 Å². The number of allylic oxidation sites excluding steroid dienone is 1. The summed E-state index contributed by atoms with van der Waals surface area (Å²) in [4.78, 5) is 32.5. The molecule has 47 heavy (non-hydrogen) atoms. The second-order valence-electron chi connectivity index (χ2n) is 10.8. The minimum absolute atomic E-state index is 0.0573. The van der Waals surface area contributed by atoms with E-state index in [1.54, 1.807) is 68.5 Å². The molecule has 0 saturated carbocycles. The number of hydrogen-bond donors (Lipinski definition) is 0. The molecule has 12 heteroatoms. The Balaban J connectivity index is 1.60. The minimum atomic E-state index is -0.846. The zero-order valence-electron chi connectivity index (χ0n) is 26.8. The third-order valence-electron chi connectivity index (χ3n) is 7.26. The van der Waals surface area contributed by atoms with Crippen molar-refractivity contribution in [2.45, 2.75) is 46.4 Å². The topological polar surface area (TPSA) is 97.6 Å². The number of ether oxygens (including phenoxy) is 5. The van der Waals surface area contributed by atoms with Gasteiger partial charge in [-0.2, -0.15) is 0 Å². The van der Waals surface area contributed by atoms with Gasteiger partial charge in [0.1, 0.15) is 12.4 Å². The number of thiazole rings is 1. The Morgan fingerprint density at radius 2 is 1.83 bits per heavy atom. The number of carbonyl (C=O) groups excluding carboxylic acids is 1. The van der Waals surface area contributed by atoms with E-state index in [4.69, 9.17) is 35.3 Å². The molecule has 4 aromatic rings. The quantitative estimate of drug-likeness (QED) is 0.180. The first-order valence-electron chi connectivity index (χ1n) is 14.8. The molecule has 0 radical (unpaired) electrons. The van der Waals surface area contributed by atoms with Crippen LogP contribution in [-0.4, -0.2) is 37.5 Å². The smallest absolute Gasteiger partial charge is 0.338 e. The van der Waals surface area contributed by atoms with Gasteiger partial charge in [-0.1, -0.05) is 47.2 Å². The van der Waals surface area contributed by atoms with Gasteiger partial charge in [-0.05, 0) is 75.2 Å². The summed E-state index contributed by atoms with van der Waals surface area (Å²) < 4.78 is 44.3. The fourth-order valence-corrected chi connectivity index (χ4v) is 6.51. The number of esters is 1. The van der Waals surface area contributed by atoms with Gasteiger partial charge in [0.05, 0.1) is 53.8 Å². The van der Waals surface area contributed by atoms with Crippen LogP contribution in [0, 0.1) is 5.82 Å². The number of benzene rings is 3. The molecule has 3 aromatic carbocycles. The lowest BCUT2D eigenvalue weighted by atomic mass is 9.95. The fourth-order valence-electron chi connectivity index (χ4n) is 5.19. The van der Waals surface area contributed by atoms with Crippen LogP contribution in [0.1, 0.15) is 50.4 Å². The first kappa shape index (κ1) is 33.7. The molecule has 0 aliphatic carbocycles. The van der Waals surface area contributed by atoms with Crippen LogP contribution in [0.15, 0.2) is 75.7 Å². The van der Waals surface area contributed by atoms with Gasteiger partial charge in [0.15, 0.2) is 27.8 Å². The summed E-state index contributed by atoms with van der Waals surface area (Å²) in [5.74, 6) is 0.565. The van der Waals surface area contributed by atoms with Crippen LogP contribution in [-0.2, 0) is 16.1 Å². The summed E-state index contributed by atoms with van der Waals surface area (Å²) in [5, 5.41) is 0.217. The Hall–Kier alpha value is -4.61. The molecule has 5 rings (SSSR count). The fraction of sp³-hybridized carbons (Fsp3) is 0.286. The van der Waals surface area contributed by atoms with E-state index in [1.165, 1.54) is 36.2 Å². The molecule has 0 fully saturated rings. The molecule has 1 aromatic heterocycles. The number of halogens is 2. The lowest BCUT2D eigenvalue weighted by molar-refractivity contribution is -0.139. The molecule has 1 atom stereocenters. The van der Waals surface area contributed by atoms with E-state index >= 15 is 0 Å². The number of nitrogens with zero attached hydrogens (tertiary/aromatic N) is 2. The van der Waals surface area contributed by atoms with E-state index in [0.717, 1.165) is 0 Å². The van der Waals surface area contributed by atoms with Crippen LogP contribution in [0.2, 0.25) is 5.02 Å². The molecular formula is C35H34ClFN2O7S. The lowest BCUT2D eigenvalue weighted by Gasteiger charge is -2.25. The highest BCUT2D eigenvalue weighted by Gasteiger charge is 2.34. The summed E-state index contributed by atoms with van der Waals surface area (Å²) in [7, 11) is 2.99. The standard InChI is InChI=1S/C35H34ClFN2O7S/c1-7-44-34(41)30-20(4)38-35-39(31(30)22-12-13-26(46-19(2)3)27(17-22)42-5)33(40)29(47-35)16-21-14-24(36)32(28(15-21)43-6)45-18-23-10-8-9-11-25(23)37/h8-17,19,31H,7,18H2,1-6H3/b29-16-/t31-/m1/s1. The van der Waals surface area contributed by atoms with E-state index in [1.807, 2.05) is 13.8 Å².